The molecule has 172 valence electrons. The van der Waals surface area contributed by atoms with Crippen molar-refractivity contribution in [3.05, 3.63) is 59.7 Å². The Morgan fingerprint density at radius 2 is 1.79 bits per heavy atom. The van der Waals surface area contributed by atoms with E-state index in [-0.39, 0.29) is 24.7 Å². The highest BCUT2D eigenvalue weighted by molar-refractivity contribution is 6.21. The standard InChI is InChI=1S/C24H26N4O5/c1-25-22(30)20-13-15-5-3-4-6-16(15)14-27(20)21(29)12-11-19-23(31)28(24(32)26-19)17-7-9-18(33-2)10-8-17/h3-10,19-20H,11-14H2,1-2H3,(H,25,30)(H,26,32)/t19-,20+/m1/s1. The molecule has 33 heavy (non-hydrogen) atoms. The Balaban J connectivity index is 1.43. The van der Waals surface area contributed by atoms with Gasteiger partial charge in [0.1, 0.15) is 17.8 Å². The van der Waals surface area contributed by atoms with Crippen molar-refractivity contribution in [3.63, 3.8) is 0 Å². The predicted molar refractivity (Wildman–Crippen MR) is 121 cm³/mol. The van der Waals surface area contributed by atoms with Crippen molar-refractivity contribution in [3.8, 4) is 5.75 Å². The van der Waals surface area contributed by atoms with Crippen LogP contribution in [-0.4, -0.2) is 54.9 Å². The molecule has 0 saturated carbocycles. The number of anilines is 1. The molecule has 0 bridgehead atoms. The Morgan fingerprint density at radius 1 is 1.09 bits per heavy atom. The molecule has 2 aromatic carbocycles. The molecule has 1 fully saturated rings. The topological polar surface area (TPSA) is 108 Å². The quantitative estimate of drug-likeness (QED) is 0.650. The molecule has 2 N–H and O–H groups in total. The summed E-state index contributed by atoms with van der Waals surface area (Å²) in [5, 5.41) is 5.29. The zero-order valence-corrected chi connectivity index (χ0v) is 18.5. The van der Waals surface area contributed by atoms with Gasteiger partial charge in [-0.2, -0.15) is 0 Å². The molecule has 2 atom stereocenters. The van der Waals surface area contributed by atoms with E-state index in [4.69, 9.17) is 4.74 Å². The summed E-state index contributed by atoms with van der Waals surface area (Å²) < 4.78 is 5.11. The third-order valence-electron chi connectivity index (χ3n) is 6.11. The van der Waals surface area contributed by atoms with Crippen molar-refractivity contribution in [2.75, 3.05) is 19.1 Å². The normalized spacial score (nSPS) is 19.7. The molecule has 0 spiro atoms. The van der Waals surface area contributed by atoms with Gasteiger partial charge in [0.2, 0.25) is 11.8 Å². The number of urea groups is 1. The smallest absolute Gasteiger partial charge is 0.329 e. The predicted octanol–water partition coefficient (Wildman–Crippen LogP) is 1.60. The van der Waals surface area contributed by atoms with Crippen molar-refractivity contribution in [2.45, 2.75) is 37.9 Å². The van der Waals surface area contributed by atoms with Crippen LogP contribution in [0, 0.1) is 0 Å². The number of nitrogens with one attached hydrogen (secondary N) is 2. The first-order valence-electron chi connectivity index (χ1n) is 10.8. The monoisotopic (exact) mass is 450 g/mol. The summed E-state index contributed by atoms with van der Waals surface area (Å²) in [5.41, 5.74) is 2.48. The lowest BCUT2D eigenvalue weighted by Gasteiger charge is -2.36. The lowest BCUT2D eigenvalue weighted by atomic mass is 9.93. The number of carbonyl (C=O) groups excluding carboxylic acids is 4. The average Bonchev–Trinajstić information content (AvgIpc) is 3.13. The van der Waals surface area contributed by atoms with Crippen LogP contribution >= 0.6 is 0 Å². The van der Waals surface area contributed by atoms with Gasteiger partial charge in [-0.25, -0.2) is 9.69 Å². The molecular weight excluding hydrogens is 424 g/mol. The van der Waals surface area contributed by atoms with Gasteiger partial charge < -0.3 is 20.3 Å². The maximum Gasteiger partial charge on any atom is 0.329 e. The molecular formula is C24H26N4O5. The summed E-state index contributed by atoms with van der Waals surface area (Å²) in [4.78, 5) is 53.5. The van der Waals surface area contributed by atoms with Crippen LogP contribution in [0.5, 0.6) is 5.75 Å². The number of imide groups is 1. The Hall–Kier alpha value is -3.88. The van der Waals surface area contributed by atoms with E-state index < -0.39 is 24.0 Å². The molecule has 0 aromatic heterocycles. The third-order valence-corrected chi connectivity index (χ3v) is 6.11. The first-order chi connectivity index (χ1) is 15.9. The van der Waals surface area contributed by atoms with Crippen LogP contribution in [0.15, 0.2) is 48.5 Å². The Bertz CT molecular complexity index is 1080. The number of ether oxygens (including phenoxy) is 1. The number of hydrogen-bond acceptors (Lipinski definition) is 5. The van der Waals surface area contributed by atoms with Gasteiger partial charge in [0, 0.05) is 26.4 Å². The lowest BCUT2D eigenvalue weighted by molar-refractivity contribution is -0.141. The van der Waals surface area contributed by atoms with E-state index in [2.05, 4.69) is 10.6 Å². The number of nitrogens with zero attached hydrogens (tertiary/aromatic N) is 2. The van der Waals surface area contributed by atoms with Crippen molar-refractivity contribution >= 4 is 29.4 Å². The number of amides is 5. The lowest BCUT2D eigenvalue weighted by Crippen LogP contribution is -2.52. The number of carbonyl (C=O) groups is 4. The number of likely N-dealkylation sites (N-methyl/N-ethyl adjacent to an activating group) is 1. The SMILES string of the molecule is CNC(=O)[C@@H]1Cc2ccccc2CN1C(=O)CC[C@H]1NC(=O)N(c2ccc(OC)cc2)C1=O. The number of fused-ring (bicyclic) bond motifs is 1. The molecule has 1 saturated heterocycles. The van der Waals surface area contributed by atoms with E-state index in [1.807, 2.05) is 24.3 Å². The number of benzene rings is 2. The molecule has 2 heterocycles. The molecule has 0 aliphatic carbocycles. The Labute approximate surface area is 191 Å². The second-order valence-corrected chi connectivity index (χ2v) is 8.04. The van der Waals surface area contributed by atoms with E-state index in [1.54, 1.807) is 36.2 Å². The van der Waals surface area contributed by atoms with Crippen LogP contribution in [0.3, 0.4) is 0 Å². The fourth-order valence-corrected chi connectivity index (χ4v) is 4.30. The molecule has 0 radical (unpaired) electrons. The number of rotatable bonds is 6. The molecule has 9 nitrogen and oxygen atoms in total. The molecule has 5 amide bonds. The van der Waals surface area contributed by atoms with Gasteiger partial charge in [-0.05, 0) is 41.8 Å². The number of hydrogen-bond donors (Lipinski definition) is 2. The Kier molecular flexibility index (Phi) is 6.30. The highest BCUT2D eigenvalue weighted by Gasteiger charge is 2.40. The van der Waals surface area contributed by atoms with Crippen LogP contribution in [-0.2, 0) is 27.3 Å². The second-order valence-electron chi connectivity index (χ2n) is 8.04. The highest BCUT2D eigenvalue weighted by Crippen LogP contribution is 2.26. The van der Waals surface area contributed by atoms with Gasteiger partial charge in [0.05, 0.1) is 12.8 Å². The minimum atomic E-state index is -0.806. The minimum absolute atomic E-state index is 0.0306. The summed E-state index contributed by atoms with van der Waals surface area (Å²) in [5.74, 6) is -0.261. The van der Waals surface area contributed by atoms with E-state index in [1.165, 1.54) is 7.11 Å². The summed E-state index contributed by atoms with van der Waals surface area (Å²) >= 11 is 0. The molecule has 9 heteroatoms. The zero-order chi connectivity index (χ0) is 23.5. The molecule has 4 rings (SSSR count). The van der Waals surface area contributed by atoms with Crippen molar-refractivity contribution < 1.29 is 23.9 Å². The average molecular weight is 450 g/mol. The van der Waals surface area contributed by atoms with Crippen LogP contribution in [0.25, 0.3) is 0 Å². The third kappa shape index (κ3) is 4.39. The van der Waals surface area contributed by atoms with E-state index >= 15 is 0 Å². The van der Waals surface area contributed by atoms with Crippen LogP contribution in [0.4, 0.5) is 10.5 Å². The van der Waals surface area contributed by atoms with Crippen LogP contribution < -0.4 is 20.3 Å². The highest BCUT2D eigenvalue weighted by atomic mass is 16.5. The molecule has 0 unspecified atom stereocenters. The van der Waals surface area contributed by atoms with Crippen LogP contribution in [0.1, 0.15) is 24.0 Å². The van der Waals surface area contributed by atoms with Gasteiger partial charge in [0.15, 0.2) is 0 Å². The molecule has 2 aliphatic heterocycles. The van der Waals surface area contributed by atoms with E-state index in [0.717, 1.165) is 16.0 Å². The van der Waals surface area contributed by atoms with E-state index in [0.29, 0.717) is 24.4 Å². The van der Waals surface area contributed by atoms with Gasteiger partial charge in [-0.15, -0.1) is 0 Å². The van der Waals surface area contributed by atoms with Crippen molar-refractivity contribution in [2.24, 2.45) is 0 Å². The molecule has 2 aliphatic rings. The molecule has 2 aromatic rings. The van der Waals surface area contributed by atoms with Gasteiger partial charge in [0.25, 0.3) is 5.91 Å². The zero-order valence-electron chi connectivity index (χ0n) is 18.5. The first kappa shape index (κ1) is 22.3. The Morgan fingerprint density at radius 3 is 2.45 bits per heavy atom. The maximum atomic E-state index is 13.1. The van der Waals surface area contributed by atoms with Gasteiger partial charge in [-0.3, -0.25) is 14.4 Å². The first-order valence-corrected chi connectivity index (χ1v) is 10.8. The summed E-state index contributed by atoms with van der Waals surface area (Å²) in [6, 6.07) is 12.4. The maximum absolute atomic E-state index is 13.1. The van der Waals surface area contributed by atoms with Crippen molar-refractivity contribution in [1.29, 1.82) is 0 Å². The van der Waals surface area contributed by atoms with E-state index in [9.17, 15) is 19.2 Å². The summed E-state index contributed by atoms with van der Waals surface area (Å²) in [6.07, 6.45) is 0.614. The number of methoxy groups -OCH3 is 1. The fraction of sp³-hybridized carbons (Fsp3) is 0.333. The fourth-order valence-electron chi connectivity index (χ4n) is 4.30. The van der Waals surface area contributed by atoms with Gasteiger partial charge in [-0.1, -0.05) is 24.3 Å². The second kappa shape index (κ2) is 9.32. The minimum Gasteiger partial charge on any atom is -0.497 e. The van der Waals surface area contributed by atoms with Crippen LogP contribution in [0.2, 0.25) is 0 Å². The largest absolute Gasteiger partial charge is 0.497 e. The van der Waals surface area contributed by atoms with Crippen molar-refractivity contribution in [1.82, 2.24) is 15.5 Å². The van der Waals surface area contributed by atoms with Gasteiger partial charge >= 0.3 is 6.03 Å². The summed E-state index contributed by atoms with van der Waals surface area (Å²) in [7, 11) is 3.08. The summed E-state index contributed by atoms with van der Waals surface area (Å²) in [6.45, 7) is 0.329.